The van der Waals surface area contributed by atoms with Gasteiger partial charge in [-0.3, -0.25) is 4.79 Å². The van der Waals surface area contributed by atoms with Gasteiger partial charge in [0.15, 0.2) is 11.6 Å². The van der Waals surface area contributed by atoms with Crippen LogP contribution in [-0.2, 0) is 0 Å². The molecule has 1 N–H and O–H groups in total. The van der Waals surface area contributed by atoms with Crippen molar-refractivity contribution in [3.05, 3.63) is 65.0 Å². The van der Waals surface area contributed by atoms with Crippen molar-refractivity contribution in [2.75, 3.05) is 18.6 Å². The largest absolute Gasteiger partial charge is 0.494 e. The van der Waals surface area contributed by atoms with E-state index in [9.17, 15) is 9.18 Å². The fraction of sp³-hybridized carbons (Fsp3) is 0.350. The topological polar surface area (TPSA) is 38.3 Å². The molecule has 1 saturated heterocycles. The van der Waals surface area contributed by atoms with Gasteiger partial charge in [-0.2, -0.15) is 0 Å². The summed E-state index contributed by atoms with van der Waals surface area (Å²) in [5.74, 6) is 1.98. The van der Waals surface area contributed by atoms with Gasteiger partial charge in [-0.1, -0.05) is 18.2 Å². The molecule has 0 aliphatic carbocycles. The third kappa shape index (κ3) is 4.54. The summed E-state index contributed by atoms with van der Waals surface area (Å²) in [6, 6.07) is 12.2. The minimum absolute atomic E-state index is 0.163. The molecule has 3 rings (SSSR count). The highest BCUT2D eigenvalue weighted by Gasteiger charge is 2.18. The Bertz CT molecular complexity index is 761. The second-order valence-electron chi connectivity index (χ2n) is 6.14. The summed E-state index contributed by atoms with van der Waals surface area (Å²) in [5.41, 5.74) is 2.56. The molecular weight excluding hydrogens is 369 g/mol. The molecule has 3 nitrogen and oxygen atoms in total. The maximum atomic E-state index is 13.9. The van der Waals surface area contributed by atoms with Crippen LogP contribution >= 0.6 is 23.5 Å². The third-order valence-electron chi connectivity index (χ3n) is 4.30. The van der Waals surface area contributed by atoms with E-state index in [0.29, 0.717) is 15.7 Å². The maximum Gasteiger partial charge on any atom is 0.251 e. The lowest BCUT2D eigenvalue weighted by Gasteiger charge is -2.21. The molecular formula is C20H22FNO2S2. The Morgan fingerprint density at radius 2 is 1.88 bits per heavy atom. The highest BCUT2D eigenvalue weighted by Crippen LogP contribution is 2.43. The lowest BCUT2D eigenvalue weighted by Crippen LogP contribution is -2.26. The molecule has 1 fully saturated rings. The predicted octanol–water partition coefficient (Wildman–Crippen LogP) is 5.19. The monoisotopic (exact) mass is 391 g/mol. The number of nitrogens with one attached hydrogen (secondary N) is 1. The Morgan fingerprint density at radius 1 is 1.19 bits per heavy atom. The summed E-state index contributed by atoms with van der Waals surface area (Å²) in [5, 5.41) is 2.92. The number of benzene rings is 2. The van der Waals surface area contributed by atoms with E-state index in [1.807, 2.05) is 54.7 Å². The molecule has 6 heteroatoms. The van der Waals surface area contributed by atoms with E-state index in [1.54, 1.807) is 12.1 Å². The first-order valence-corrected chi connectivity index (χ1v) is 10.7. The maximum absolute atomic E-state index is 13.9. The normalized spacial score (nSPS) is 16.1. The van der Waals surface area contributed by atoms with Crippen LogP contribution in [0.2, 0.25) is 0 Å². The standard InChI is InChI=1S/C20H22FNO2S2/c1-13(16-8-9-18(24-2)17(21)12-16)22-19(23)14-4-6-15(7-5-14)20-25-10-3-11-26-20/h4-9,12-13,20H,3,10-11H2,1-2H3,(H,22,23)/t13-/m1/s1. The number of halogens is 1. The molecule has 0 saturated carbocycles. The van der Waals surface area contributed by atoms with Crippen LogP contribution in [0.1, 0.15) is 45.5 Å². The molecule has 26 heavy (non-hydrogen) atoms. The van der Waals surface area contributed by atoms with Crippen molar-refractivity contribution in [2.45, 2.75) is 24.0 Å². The van der Waals surface area contributed by atoms with E-state index < -0.39 is 5.82 Å². The number of thioether (sulfide) groups is 2. The lowest BCUT2D eigenvalue weighted by atomic mass is 10.1. The fourth-order valence-electron chi connectivity index (χ4n) is 2.79. The minimum atomic E-state index is -0.432. The molecule has 1 aliphatic rings. The molecule has 0 spiro atoms. The van der Waals surface area contributed by atoms with Crippen molar-refractivity contribution in [1.82, 2.24) is 5.32 Å². The molecule has 2 aromatic rings. The van der Waals surface area contributed by atoms with Gasteiger partial charge in [0.2, 0.25) is 0 Å². The van der Waals surface area contributed by atoms with Crippen molar-refractivity contribution in [3.63, 3.8) is 0 Å². The van der Waals surface area contributed by atoms with E-state index in [1.165, 1.54) is 36.7 Å². The van der Waals surface area contributed by atoms with Crippen LogP contribution in [-0.4, -0.2) is 24.5 Å². The SMILES string of the molecule is COc1ccc([C@@H](C)NC(=O)c2ccc(C3SCCCS3)cc2)cc1F. The van der Waals surface area contributed by atoms with E-state index >= 15 is 0 Å². The molecule has 0 radical (unpaired) electrons. The van der Waals surface area contributed by atoms with Gasteiger partial charge in [0.25, 0.3) is 5.91 Å². The molecule has 0 aromatic heterocycles. The molecule has 1 amide bonds. The smallest absolute Gasteiger partial charge is 0.251 e. The van der Waals surface area contributed by atoms with Crippen LogP contribution in [0.25, 0.3) is 0 Å². The average Bonchev–Trinajstić information content (AvgIpc) is 2.68. The van der Waals surface area contributed by atoms with Crippen LogP contribution < -0.4 is 10.1 Å². The van der Waals surface area contributed by atoms with Crippen LogP contribution in [0, 0.1) is 5.82 Å². The average molecular weight is 392 g/mol. The molecule has 0 unspecified atom stereocenters. The van der Waals surface area contributed by atoms with Crippen LogP contribution in [0.4, 0.5) is 4.39 Å². The van der Waals surface area contributed by atoms with E-state index in [2.05, 4.69) is 5.32 Å². The van der Waals surface area contributed by atoms with Gasteiger partial charge in [0.1, 0.15) is 0 Å². The number of hydrogen-bond acceptors (Lipinski definition) is 4. The third-order valence-corrected chi connectivity index (χ3v) is 7.31. The van der Waals surface area contributed by atoms with Gasteiger partial charge in [-0.05, 0) is 60.2 Å². The van der Waals surface area contributed by atoms with Gasteiger partial charge in [0, 0.05) is 5.56 Å². The lowest BCUT2D eigenvalue weighted by molar-refractivity contribution is 0.0940. The van der Waals surface area contributed by atoms with Gasteiger partial charge in [0.05, 0.1) is 17.7 Å². The first-order chi connectivity index (χ1) is 12.6. The van der Waals surface area contributed by atoms with Crippen LogP contribution in [0.5, 0.6) is 5.75 Å². The summed E-state index contributed by atoms with van der Waals surface area (Å²) in [6.07, 6.45) is 1.26. The zero-order valence-corrected chi connectivity index (χ0v) is 16.5. The van der Waals surface area contributed by atoms with E-state index in [-0.39, 0.29) is 17.7 Å². The summed E-state index contributed by atoms with van der Waals surface area (Å²) >= 11 is 3.92. The highest BCUT2D eigenvalue weighted by molar-refractivity contribution is 8.16. The van der Waals surface area contributed by atoms with Crippen molar-refractivity contribution in [2.24, 2.45) is 0 Å². The second kappa shape index (κ2) is 8.82. The quantitative estimate of drug-likeness (QED) is 0.761. The highest BCUT2D eigenvalue weighted by atomic mass is 32.2. The molecule has 0 bridgehead atoms. The molecule has 1 aliphatic heterocycles. The number of methoxy groups -OCH3 is 1. The van der Waals surface area contributed by atoms with E-state index in [4.69, 9.17) is 4.74 Å². The van der Waals surface area contributed by atoms with Gasteiger partial charge in [-0.25, -0.2) is 4.39 Å². The zero-order chi connectivity index (χ0) is 18.5. The van der Waals surface area contributed by atoms with Crippen molar-refractivity contribution in [1.29, 1.82) is 0 Å². The predicted molar refractivity (Wildman–Crippen MR) is 108 cm³/mol. The zero-order valence-electron chi connectivity index (χ0n) is 14.8. The Labute approximate surface area is 162 Å². The van der Waals surface area contributed by atoms with Gasteiger partial charge < -0.3 is 10.1 Å². The number of hydrogen-bond donors (Lipinski definition) is 1. The molecule has 1 heterocycles. The van der Waals surface area contributed by atoms with Crippen LogP contribution in [0.3, 0.4) is 0 Å². The van der Waals surface area contributed by atoms with Crippen LogP contribution in [0.15, 0.2) is 42.5 Å². The number of amides is 1. The second-order valence-corrected chi connectivity index (χ2v) is 8.86. The minimum Gasteiger partial charge on any atom is -0.494 e. The molecule has 1 atom stereocenters. The van der Waals surface area contributed by atoms with Crippen molar-refractivity contribution in [3.8, 4) is 5.75 Å². The Balaban J connectivity index is 1.64. The van der Waals surface area contributed by atoms with Crippen molar-refractivity contribution >= 4 is 29.4 Å². The van der Waals surface area contributed by atoms with Gasteiger partial charge in [-0.15, -0.1) is 23.5 Å². The molecule has 138 valence electrons. The summed E-state index contributed by atoms with van der Waals surface area (Å²) in [6.45, 7) is 1.84. The number of carbonyl (C=O) groups excluding carboxylic acids is 1. The Morgan fingerprint density at radius 3 is 2.50 bits per heavy atom. The summed E-state index contributed by atoms with van der Waals surface area (Å²) in [4.78, 5) is 12.5. The molecule has 2 aromatic carbocycles. The fourth-order valence-corrected chi connectivity index (χ4v) is 5.68. The first kappa shape index (κ1) is 19.1. The first-order valence-electron chi connectivity index (χ1n) is 8.56. The number of ether oxygens (including phenoxy) is 1. The van der Waals surface area contributed by atoms with Gasteiger partial charge >= 0.3 is 0 Å². The number of carbonyl (C=O) groups is 1. The summed E-state index contributed by atoms with van der Waals surface area (Å²) < 4.78 is 19.2. The van der Waals surface area contributed by atoms with Crippen molar-refractivity contribution < 1.29 is 13.9 Å². The Hall–Kier alpha value is -1.66. The Kier molecular flexibility index (Phi) is 6.48. The van der Waals surface area contributed by atoms with E-state index in [0.717, 1.165) is 0 Å². The summed E-state index contributed by atoms with van der Waals surface area (Å²) in [7, 11) is 1.43. The number of rotatable bonds is 5.